The number of rotatable bonds is 2. The van der Waals surface area contributed by atoms with Gasteiger partial charge in [0.2, 0.25) is 0 Å². The topological polar surface area (TPSA) is 18.5 Å². The van der Waals surface area contributed by atoms with Gasteiger partial charge >= 0.3 is 7.12 Å². The Balaban J connectivity index is 1.79. The maximum absolute atomic E-state index is 6.28. The first-order valence-corrected chi connectivity index (χ1v) is 8.81. The van der Waals surface area contributed by atoms with Gasteiger partial charge in [0.1, 0.15) is 0 Å². The average molecular weight is 330 g/mol. The predicted molar refractivity (Wildman–Crippen MR) is 105 cm³/mol. The predicted octanol–water partition coefficient (Wildman–Crippen LogP) is 4.81. The van der Waals surface area contributed by atoms with E-state index < -0.39 is 0 Å². The van der Waals surface area contributed by atoms with Crippen LogP contribution in [-0.2, 0) is 9.31 Å². The molecule has 0 amide bonds. The summed E-state index contributed by atoms with van der Waals surface area (Å²) < 4.78 is 12.6. The number of benzene rings is 3. The summed E-state index contributed by atoms with van der Waals surface area (Å²) in [6.07, 6.45) is 0. The molecule has 0 aromatic heterocycles. The van der Waals surface area contributed by atoms with Gasteiger partial charge in [0.05, 0.1) is 11.2 Å². The minimum Gasteiger partial charge on any atom is -0.399 e. The molecule has 3 aromatic rings. The van der Waals surface area contributed by atoms with Crippen LogP contribution in [0.1, 0.15) is 27.7 Å². The quantitative estimate of drug-likeness (QED) is 0.628. The first-order chi connectivity index (χ1) is 11.9. The summed E-state index contributed by atoms with van der Waals surface area (Å²) in [4.78, 5) is 0. The lowest BCUT2D eigenvalue weighted by atomic mass is 9.74. The van der Waals surface area contributed by atoms with Crippen LogP contribution in [0.5, 0.6) is 0 Å². The van der Waals surface area contributed by atoms with Crippen molar-refractivity contribution in [3.8, 4) is 11.1 Å². The van der Waals surface area contributed by atoms with Gasteiger partial charge in [-0.1, -0.05) is 60.7 Å². The molecule has 0 radical (unpaired) electrons. The highest BCUT2D eigenvalue weighted by molar-refractivity contribution is 6.63. The number of hydrogen-bond donors (Lipinski definition) is 0. The molecule has 4 rings (SSSR count). The molecule has 1 saturated heterocycles. The van der Waals surface area contributed by atoms with Crippen LogP contribution < -0.4 is 5.46 Å². The molecule has 0 aliphatic carbocycles. The van der Waals surface area contributed by atoms with Crippen molar-refractivity contribution < 1.29 is 9.31 Å². The summed E-state index contributed by atoms with van der Waals surface area (Å²) in [6, 6.07) is 23.4. The lowest BCUT2D eigenvalue weighted by molar-refractivity contribution is 0.00578. The van der Waals surface area contributed by atoms with E-state index in [0.29, 0.717) is 0 Å². The minimum atomic E-state index is -0.354. The summed E-state index contributed by atoms with van der Waals surface area (Å²) in [5.41, 5.74) is 2.75. The molecule has 0 atom stereocenters. The molecule has 3 aromatic carbocycles. The van der Waals surface area contributed by atoms with E-state index in [1.807, 2.05) is 6.07 Å². The van der Waals surface area contributed by atoms with Crippen molar-refractivity contribution in [2.24, 2.45) is 0 Å². The van der Waals surface area contributed by atoms with Gasteiger partial charge in [0, 0.05) is 0 Å². The third-order valence-electron chi connectivity index (χ3n) is 5.53. The molecule has 126 valence electrons. The molecule has 0 spiro atoms. The van der Waals surface area contributed by atoms with E-state index in [2.05, 4.69) is 88.4 Å². The van der Waals surface area contributed by atoms with Gasteiger partial charge < -0.3 is 9.31 Å². The van der Waals surface area contributed by atoms with Crippen molar-refractivity contribution in [3.05, 3.63) is 66.7 Å². The number of hydrogen-bond acceptors (Lipinski definition) is 2. The molecule has 25 heavy (non-hydrogen) atoms. The Kier molecular flexibility index (Phi) is 3.75. The largest absolute Gasteiger partial charge is 0.495 e. The average Bonchev–Trinajstić information content (AvgIpc) is 2.82. The Morgan fingerprint density at radius 1 is 0.680 bits per heavy atom. The van der Waals surface area contributed by atoms with Crippen LogP contribution in [0.2, 0.25) is 0 Å². The molecule has 1 aliphatic rings. The first-order valence-electron chi connectivity index (χ1n) is 8.81. The van der Waals surface area contributed by atoms with E-state index in [9.17, 15) is 0 Å². The van der Waals surface area contributed by atoms with E-state index in [1.165, 1.54) is 16.3 Å². The Morgan fingerprint density at radius 2 is 1.28 bits per heavy atom. The highest BCUT2D eigenvalue weighted by Gasteiger charge is 2.52. The van der Waals surface area contributed by atoms with E-state index >= 15 is 0 Å². The first kappa shape index (κ1) is 16.4. The van der Waals surface area contributed by atoms with E-state index in [-0.39, 0.29) is 18.3 Å². The van der Waals surface area contributed by atoms with Crippen molar-refractivity contribution in [3.63, 3.8) is 0 Å². The van der Waals surface area contributed by atoms with Crippen molar-refractivity contribution >= 4 is 23.4 Å². The lowest BCUT2D eigenvalue weighted by Crippen LogP contribution is -2.41. The summed E-state index contributed by atoms with van der Waals surface area (Å²) in [7, 11) is -0.354. The Morgan fingerprint density at radius 3 is 2.00 bits per heavy atom. The summed E-state index contributed by atoms with van der Waals surface area (Å²) in [5.74, 6) is 0. The summed E-state index contributed by atoms with van der Waals surface area (Å²) in [6.45, 7) is 8.36. The van der Waals surface area contributed by atoms with E-state index in [1.54, 1.807) is 0 Å². The van der Waals surface area contributed by atoms with Crippen LogP contribution in [0.4, 0.5) is 0 Å². The van der Waals surface area contributed by atoms with Gasteiger partial charge in [-0.2, -0.15) is 0 Å². The van der Waals surface area contributed by atoms with Crippen LogP contribution in [0, 0.1) is 0 Å². The Bertz CT molecular complexity index is 914. The van der Waals surface area contributed by atoms with Gasteiger partial charge in [-0.15, -0.1) is 0 Å². The van der Waals surface area contributed by atoms with Crippen LogP contribution in [-0.4, -0.2) is 18.3 Å². The monoisotopic (exact) mass is 330 g/mol. The maximum atomic E-state index is 6.28. The minimum absolute atomic E-state index is 0.339. The second kappa shape index (κ2) is 5.72. The van der Waals surface area contributed by atoms with Crippen molar-refractivity contribution in [1.82, 2.24) is 0 Å². The molecular formula is C22H23BO2. The number of fused-ring (bicyclic) bond motifs is 1. The fraction of sp³-hybridized carbons (Fsp3) is 0.273. The molecular weight excluding hydrogens is 307 g/mol. The molecule has 2 nitrogen and oxygen atoms in total. The second-order valence-electron chi connectivity index (χ2n) is 7.74. The van der Waals surface area contributed by atoms with Crippen molar-refractivity contribution in [2.75, 3.05) is 0 Å². The Labute approximate surface area is 149 Å². The van der Waals surface area contributed by atoms with Crippen LogP contribution in [0.3, 0.4) is 0 Å². The fourth-order valence-electron chi connectivity index (χ4n) is 3.29. The smallest absolute Gasteiger partial charge is 0.399 e. The standard InChI is InChI=1S/C22H23BO2/c1-21(2)22(3,4)25-23(24-21)20-12-8-7-11-19(20)18-14-13-16-9-5-6-10-17(16)15-18/h5-15H,1-4H3. The molecule has 0 bridgehead atoms. The van der Waals surface area contributed by atoms with Crippen LogP contribution in [0.15, 0.2) is 66.7 Å². The van der Waals surface area contributed by atoms with Crippen molar-refractivity contribution in [2.45, 2.75) is 38.9 Å². The Hall–Kier alpha value is -2.10. The lowest BCUT2D eigenvalue weighted by Gasteiger charge is -2.32. The summed E-state index contributed by atoms with van der Waals surface area (Å²) >= 11 is 0. The molecule has 0 unspecified atom stereocenters. The fourth-order valence-corrected chi connectivity index (χ4v) is 3.29. The van der Waals surface area contributed by atoms with Gasteiger partial charge in [-0.3, -0.25) is 0 Å². The molecule has 3 heteroatoms. The zero-order chi connectivity index (χ0) is 17.7. The normalized spacial score (nSPS) is 18.6. The van der Waals surface area contributed by atoms with Crippen molar-refractivity contribution in [1.29, 1.82) is 0 Å². The zero-order valence-electron chi connectivity index (χ0n) is 15.2. The molecule has 1 heterocycles. The van der Waals surface area contributed by atoms with Gasteiger partial charge in [0.15, 0.2) is 0 Å². The van der Waals surface area contributed by atoms with Gasteiger partial charge in [0.25, 0.3) is 0 Å². The molecule has 1 aliphatic heterocycles. The SMILES string of the molecule is CC1(C)OB(c2ccccc2-c2ccc3ccccc3c2)OC1(C)C. The van der Waals surface area contributed by atoms with Crippen LogP contribution in [0.25, 0.3) is 21.9 Å². The summed E-state index contributed by atoms with van der Waals surface area (Å²) in [5, 5.41) is 2.49. The highest BCUT2D eigenvalue weighted by Crippen LogP contribution is 2.37. The van der Waals surface area contributed by atoms with E-state index in [0.717, 1.165) is 11.0 Å². The highest BCUT2D eigenvalue weighted by atomic mass is 16.7. The van der Waals surface area contributed by atoms with Gasteiger partial charge in [-0.25, -0.2) is 0 Å². The molecule has 0 N–H and O–H groups in total. The zero-order valence-corrected chi connectivity index (χ0v) is 15.2. The van der Waals surface area contributed by atoms with Crippen LogP contribution >= 0.6 is 0 Å². The molecule has 0 saturated carbocycles. The third kappa shape index (κ3) is 2.78. The second-order valence-corrected chi connectivity index (χ2v) is 7.74. The molecule has 1 fully saturated rings. The third-order valence-corrected chi connectivity index (χ3v) is 5.53. The van der Waals surface area contributed by atoms with Gasteiger partial charge in [-0.05, 0) is 61.1 Å². The van der Waals surface area contributed by atoms with E-state index in [4.69, 9.17) is 9.31 Å². The maximum Gasteiger partial charge on any atom is 0.495 e.